The minimum atomic E-state index is 0.0203. The van der Waals surface area contributed by atoms with Gasteiger partial charge in [0.2, 0.25) is 5.91 Å². The van der Waals surface area contributed by atoms with E-state index in [1.54, 1.807) is 0 Å². The van der Waals surface area contributed by atoms with Crippen LogP contribution in [0.5, 0.6) is 0 Å². The Kier molecular flexibility index (Phi) is 3.82. The molecular weight excluding hydrogens is 204 g/mol. The molecule has 4 nitrogen and oxygen atoms in total. The molecule has 0 radical (unpaired) electrons. The first kappa shape index (κ1) is 11.9. The van der Waals surface area contributed by atoms with Crippen molar-refractivity contribution in [3.63, 3.8) is 0 Å². The van der Waals surface area contributed by atoms with E-state index in [9.17, 15) is 4.79 Å². The number of amides is 1. The first-order valence-corrected chi connectivity index (χ1v) is 6.43. The van der Waals surface area contributed by atoms with Gasteiger partial charge in [-0.2, -0.15) is 0 Å². The molecule has 4 heteroatoms. The summed E-state index contributed by atoms with van der Waals surface area (Å²) < 4.78 is 5.48. The SMILES string of the molecule is CCC1NC(CC)N(C2CCCOC2)C1=O. The number of nitrogens with one attached hydrogen (secondary N) is 1. The maximum atomic E-state index is 12.2. The van der Waals surface area contributed by atoms with Gasteiger partial charge in [0.05, 0.1) is 24.9 Å². The molecule has 2 aliphatic heterocycles. The molecule has 0 aromatic heterocycles. The number of ether oxygens (including phenoxy) is 1. The number of rotatable bonds is 3. The van der Waals surface area contributed by atoms with Crippen LogP contribution in [0.15, 0.2) is 0 Å². The van der Waals surface area contributed by atoms with Crippen LogP contribution in [0.3, 0.4) is 0 Å². The highest BCUT2D eigenvalue weighted by Crippen LogP contribution is 2.23. The predicted molar refractivity (Wildman–Crippen MR) is 62.0 cm³/mol. The first-order valence-electron chi connectivity index (χ1n) is 6.43. The molecule has 2 rings (SSSR count). The summed E-state index contributed by atoms with van der Waals surface area (Å²) in [4.78, 5) is 14.2. The molecular formula is C12H22N2O2. The summed E-state index contributed by atoms with van der Waals surface area (Å²) in [5, 5.41) is 3.41. The van der Waals surface area contributed by atoms with Gasteiger partial charge < -0.3 is 9.64 Å². The highest BCUT2D eigenvalue weighted by molar-refractivity contribution is 5.84. The Balaban J connectivity index is 2.07. The molecule has 1 N–H and O–H groups in total. The first-order chi connectivity index (χ1) is 7.77. The van der Waals surface area contributed by atoms with E-state index in [4.69, 9.17) is 4.74 Å². The third-order valence-corrected chi connectivity index (χ3v) is 3.61. The Bertz CT molecular complexity index is 251. The van der Waals surface area contributed by atoms with Crippen molar-refractivity contribution in [3.05, 3.63) is 0 Å². The Labute approximate surface area is 97.3 Å². The number of hydrogen-bond donors (Lipinski definition) is 1. The maximum Gasteiger partial charge on any atom is 0.241 e. The van der Waals surface area contributed by atoms with Gasteiger partial charge in [0.1, 0.15) is 0 Å². The van der Waals surface area contributed by atoms with Crippen LogP contribution >= 0.6 is 0 Å². The fraction of sp³-hybridized carbons (Fsp3) is 0.917. The van der Waals surface area contributed by atoms with Crippen LogP contribution in [0.25, 0.3) is 0 Å². The lowest BCUT2D eigenvalue weighted by atomic mass is 10.1. The van der Waals surface area contributed by atoms with Crippen molar-refractivity contribution >= 4 is 5.91 Å². The van der Waals surface area contributed by atoms with E-state index < -0.39 is 0 Å². The molecule has 2 saturated heterocycles. The molecule has 2 fully saturated rings. The average Bonchev–Trinajstić information content (AvgIpc) is 2.66. The Morgan fingerprint density at radius 1 is 1.44 bits per heavy atom. The van der Waals surface area contributed by atoms with Crippen molar-refractivity contribution in [1.82, 2.24) is 10.2 Å². The molecule has 0 aromatic rings. The molecule has 0 aliphatic carbocycles. The van der Waals surface area contributed by atoms with E-state index in [1.165, 1.54) is 0 Å². The van der Waals surface area contributed by atoms with Crippen molar-refractivity contribution in [2.75, 3.05) is 13.2 Å². The molecule has 2 heterocycles. The highest BCUT2D eigenvalue weighted by atomic mass is 16.5. The second kappa shape index (κ2) is 5.15. The molecule has 0 aromatic carbocycles. The van der Waals surface area contributed by atoms with Gasteiger partial charge in [-0.25, -0.2) is 0 Å². The molecule has 0 spiro atoms. The van der Waals surface area contributed by atoms with E-state index in [1.807, 2.05) is 4.90 Å². The molecule has 1 amide bonds. The largest absolute Gasteiger partial charge is 0.379 e. The summed E-state index contributed by atoms with van der Waals surface area (Å²) in [6.45, 7) is 5.74. The lowest BCUT2D eigenvalue weighted by Crippen LogP contribution is -2.48. The molecule has 0 bridgehead atoms. The summed E-state index contributed by atoms with van der Waals surface area (Å²) >= 11 is 0. The number of carbonyl (C=O) groups is 1. The highest BCUT2D eigenvalue weighted by Gasteiger charge is 2.41. The van der Waals surface area contributed by atoms with Crippen molar-refractivity contribution < 1.29 is 9.53 Å². The lowest BCUT2D eigenvalue weighted by Gasteiger charge is -2.34. The molecule has 16 heavy (non-hydrogen) atoms. The van der Waals surface area contributed by atoms with Crippen LogP contribution in [0, 0.1) is 0 Å². The Morgan fingerprint density at radius 2 is 2.25 bits per heavy atom. The lowest BCUT2D eigenvalue weighted by molar-refractivity contribution is -0.135. The van der Waals surface area contributed by atoms with Gasteiger partial charge in [-0.3, -0.25) is 10.1 Å². The number of carbonyl (C=O) groups excluding carboxylic acids is 1. The average molecular weight is 226 g/mol. The smallest absolute Gasteiger partial charge is 0.241 e. The minimum absolute atomic E-state index is 0.0203. The molecule has 3 unspecified atom stereocenters. The van der Waals surface area contributed by atoms with Crippen molar-refractivity contribution in [2.45, 2.75) is 57.8 Å². The molecule has 0 saturated carbocycles. The van der Waals surface area contributed by atoms with E-state index in [2.05, 4.69) is 19.2 Å². The van der Waals surface area contributed by atoms with Crippen LogP contribution < -0.4 is 5.32 Å². The normalized spacial score (nSPS) is 35.8. The zero-order chi connectivity index (χ0) is 11.5. The predicted octanol–water partition coefficient (Wildman–Crippen LogP) is 1.11. The number of hydrogen-bond acceptors (Lipinski definition) is 3. The quantitative estimate of drug-likeness (QED) is 0.784. The molecule has 92 valence electrons. The molecule has 2 aliphatic rings. The monoisotopic (exact) mass is 226 g/mol. The van der Waals surface area contributed by atoms with Crippen molar-refractivity contribution in [2.24, 2.45) is 0 Å². The maximum absolute atomic E-state index is 12.2. The summed E-state index contributed by atoms with van der Waals surface area (Å²) in [5.74, 6) is 0.268. The van der Waals surface area contributed by atoms with Crippen molar-refractivity contribution in [3.8, 4) is 0 Å². The standard InChI is InChI=1S/C12H22N2O2/c1-3-10-12(15)14(11(4-2)13-10)9-6-5-7-16-8-9/h9-11,13H,3-8H2,1-2H3. The third-order valence-electron chi connectivity index (χ3n) is 3.61. The fourth-order valence-electron chi connectivity index (χ4n) is 2.70. The van der Waals surface area contributed by atoms with Gasteiger partial charge in [-0.15, -0.1) is 0 Å². The van der Waals surface area contributed by atoms with Crippen LogP contribution in [-0.4, -0.2) is 42.3 Å². The van der Waals surface area contributed by atoms with Crippen LogP contribution in [0.2, 0.25) is 0 Å². The summed E-state index contributed by atoms with van der Waals surface area (Å²) in [5.41, 5.74) is 0. The molecule has 3 atom stereocenters. The van der Waals surface area contributed by atoms with E-state index in [0.29, 0.717) is 6.61 Å². The van der Waals surface area contributed by atoms with Gasteiger partial charge in [-0.1, -0.05) is 13.8 Å². The van der Waals surface area contributed by atoms with Crippen molar-refractivity contribution in [1.29, 1.82) is 0 Å². The third kappa shape index (κ3) is 2.09. The van der Waals surface area contributed by atoms with Gasteiger partial charge in [0, 0.05) is 6.61 Å². The minimum Gasteiger partial charge on any atom is -0.379 e. The second-order valence-electron chi connectivity index (χ2n) is 4.67. The van der Waals surface area contributed by atoms with Gasteiger partial charge in [0.25, 0.3) is 0 Å². The summed E-state index contributed by atoms with van der Waals surface area (Å²) in [6.07, 6.45) is 4.21. The van der Waals surface area contributed by atoms with Gasteiger partial charge in [0.15, 0.2) is 0 Å². The topological polar surface area (TPSA) is 41.6 Å². The Hall–Kier alpha value is -0.610. The fourth-order valence-corrected chi connectivity index (χ4v) is 2.70. The van der Waals surface area contributed by atoms with E-state index >= 15 is 0 Å². The Morgan fingerprint density at radius 3 is 2.81 bits per heavy atom. The second-order valence-corrected chi connectivity index (χ2v) is 4.67. The zero-order valence-electron chi connectivity index (χ0n) is 10.2. The van der Waals surface area contributed by atoms with Crippen LogP contribution in [0.4, 0.5) is 0 Å². The number of nitrogens with zero attached hydrogens (tertiary/aromatic N) is 1. The van der Waals surface area contributed by atoms with E-state index in [-0.39, 0.29) is 24.2 Å². The summed E-state index contributed by atoms with van der Waals surface area (Å²) in [7, 11) is 0. The van der Waals surface area contributed by atoms with Crippen LogP contribution in [0.1, 0.15) is 39.5 Å². The van der Waals surface area contributed by atoms with Gasteiger partial charge in [-0.05, 0) is 25.7 Å². The van der Waals surface area contributed by atoms with E-state index in [0.717, 1.165) is 32.3 Å². The summed E-state index contributed by atoms with van der Waals surface area (Å²) in [6, 6.07) is 0.308. The van der Waals surface area contributed by atoms with Gasteiger partial charge >= 0.3 is 0 Å². The zero-order valence-corrected chi connectivity index (χ0v) is 10.2. The van der Waals surface area contributed by atoms with Crippen LogP contribution in [-0.2, 0) is 9.53 Å².